The van der Waals surface area contributed by atoms with Crippen molar-refractivity contribution in [2.45, 2.75) is 45.1 Å². The van der Waals surface area contributed by atoms with Crippen molar-refractivity contribution in [1.29, 1.82) is 0 Å². The van der Waals surface area contributed by atoms with Crippen molar-refractivity contribution >= 4 is 0 Å². The van der Waals surface area contributed by atoms with E-state index in [1.54, 1.807) is 7.11 Å². The summed E-state index contributed by atoms with van der Waals surface area (Å²) in [4.78, 5) is 2.62. The first-order valence-corrected chi connectivity index (χ1v) is 6.98. The van der Waals surface area contributed by atoms with Crippen molar-refractivity contribution in [1.82, 2.24) is 4.90 Å². The largest absolute Gasteiger partial charge is 0.383 e. The number of hydrogen-bond donors (Lipinski definition) is 1. The average molecular weight is 240 g/mol. The van der Waals surface area contributed by atoms with Crippen LogP contribution in [0.2, 0.25) is 0 Å². The summed E-state index contributed by atoms with van der Waals surface area (Å²) >= 11 is 0. The van der Waals surface area contributed by atoms with E-state index in [-0.39, 0.29) is 5.54 Å². The molecule has 0 aromatic rings. The Morgan fingerprint density at radius 1 is 1.29 bits per heavy atom. The number of hydrogen-bond acceptors (Lipinski definition) is 3. The Morgan fingerprint density at radius 3 is 2.29 bits per heavy atom. The molecule has 0 bridgehead atoms. The average Bonchev–Trinajstić information content (AvgIpc) is 3.10. The van der Waals surface area contributed by atoms with Gasteiger partial charge in [-0.2, -0.15) is 0 Å². The minimum Gasteiger partial charge on any atom is -0.383 e. The fourth-order valence-electron chi connectivity index (χ4n) is 3.25. The minimum absolute atomic E-state index is 0.130. The molecule has 0 aromatic carbocycles. The number of methoxy groups -OCH3 is 1. The summed E-state index contributed by atoms with van der Waals surface area (Å²) in [7, 11) is 1.81. The maximum absolute atomic E-state index is 6.11. The van der Waals surface area contributed by atoms with E-state index in [4.69, 9.17) is 10.5 Å². The van der Waals surface area contributed by atoms with Crippen molar-refractivity contribution in [2.24, 2.45) is 17.1 Å². The van der Waals surface area contributed by atoms with Crippen LogP contribution in [-0.2, 0) is 4.74 Å². The molecule has 2 fully saturated rings. The van der Waals surface area contributed by atoms with E-state index in [1.165, 1.54) is 38.8 Å². The Morgan fingerprint density at radius 2 is 1.88 bits per heavy atom. The van der Waals surface area contributed by atoms with Crippen LogP contribution in [-0.4, -0.2) is 43.8 Å². The van der Waals surface area contributed by atoms with Crippen molar-refractivity contribution in [3.05, 3.63) is 0 Å². The molecule has 1 atom stereocenters. The molecule has 0 spiro atoms. The molecule has 2 rings (SSSR count). The van der Waals surface area contributed by atoms with Crippen LogP contribution in [0.25, 0.3) is 0 Å². The van der Waals surface area contributed by atoms with Crippen LogP contribution >= 0.6 is 0 Å². The molecule has 1 aliphatic heterocycles. The molecule has 1 heterocycles. The van der Waals surface area contributed by atoms with Crippen molar-refractivity contribution < 1.29 is 4.74 Å². The number of nitrogens with two attached hydrogens (primary N) is 1. The van der Waals surface area contributed by atoms with Crippen molar-refractivity contribution in [3.8, 4) is 0 Å². The molecule has 2 N–H and O–H groups in total. The summed E-state index contributed by atoms with van der Waals surface area (Å²) in [6, 6.07) is 0. The van der Waals surface area contributed by atoms with Gasteiger partial charge in [-0.3, -0.25) is 4.90 Å². The summed E-state index contributed by atoms with van der Waals surface area (Å²) < 4.78 is 5.48. The minimum atomic E-state index is 0.130. The molecule has 1 unspecified atom stereocenters. The molecule has 3 nitrogen and oxygen atoms in total. The fourth-order valence-corrected chi connectivity index (χ4v) is 3.25. The van der Waals surface area contributed by atoms with Gasteiger partial charge in [0.1, 0.15) is 0 Å². The van der Waals surface area contributed by atoms with Gasteiger partial charge in [0.2, 0.25) is 0 Å². The summed E-state index contributed by atoms with van der Waals surface area (Å²) in [5, 5.41) is 0. The molecule has 1 aliphatic carbocycles. The van der Waals surface area contributed by atoms with Crippen molar-refractivity contribution in [3.63, 3.8) is 0 Å². The predicted octanol–water partition coefficient (Wildman–Crippen LogP) is 1.86. The third kappa shape index (κ3) is 2.67. The Labute approximate surface area is 106 Å². The second-order valence-corrected chi connectivity index (χ2v) is 6.67. The molecule has 0 aromatic heterocycles. The first-order valence-electron chi connectivity index (χ1n) is 6.98. The highest BCUT2D eigenvalue weighted by Gasteiger charge is 2.49. The third-order valence-electron chi connectivity index (χ3n) is 4.83. The molecule has 0 amide bonds. The topological polar surface area (TPSA) is 38.5 Å². The van der Waals surface area contributed by atoms with Gasteiger partial charge < -0.3 is 10.5 Å². The highest BCUT2D eigenvalue weighted by Crippen LogP contribution is 2.45. The van der Waals surface area contributed by atoms with Crippen LogP contribution in [0.4, 0.5) is 0 Å². The monoisotopic (exact) mass is 240 g/mol. The lowest BCUT2D eigenvalue weighted by atomic mass is 9.79. The Hall–Kier alpha value is -0.120. The molecule has 0 radical (unpaired) electrons. The van der Waals surface area contributed by atoms with E-state index in [1.807, 2.05) is 0 Å². The lowest BCUT2D eigenvalue weighted by Gasteiger charge is -2.48. The van der Waals surface area contributed by atoms with Gasteiger partial charge in [-0.15, -0.1) is 0 Å². The second-order valence-electron chi connectivity index (χ2n) is 6.67. The quantitative estimate of drug-likeness (QED) is 0.797. The standard InChI is InChI=1S/C14H28N2O/c1-13(2)6-8-16(9-7-13)14(10-15,11-17-3)12-4-5-12/h12H,4-11,15H2,1-3H3. The Kier molecular flexibility index (Phi) is 3.81. The zero-order valence-electron chi connectivity index (χ0n) is 11.7. The van der Waals surface area contributed by atoms with Crippen LogP contribution in [0.3, 0.4) is 0 Å². The first-order chi connectivity index (χ1) is 8.04. The van der Waals surface area contributed by atoms with Crippen molar-refractivity contribution in [2.75, 3.05) is 33.4 Å². The van der Waals surface area contributed by atoms with Crippen LogP contribution < -0.4 is 5.73 Å². The van der Waals surface area contributed by atoms with E-state index in [0.29, 0.717) is 5.41 Å². The van der Waals surface area contributed by atoms with E-state index in [2.05, 4.69) is 18.7 Å². The Bertz CT molecular complexity index is 253. The van der Waals surface area contributed by atoms with Gasteiger partial charge in [0.15, 0.2) is 0 Å². The number of nitrogens with zero attached hydrogens (tertiary/aromatic N) is 1. The third-order valence-corrected chi connectivity index (χ3v) is 4.83. The molecule has 100 valence electrons. The Balaban J connectivity index is 2.06. The number of ether oxygens (including phenoxy) is 1. The molecular weight excluding hydrogens is 212 g/mol. The van der Waals surface area contributed by atoms with Gasteiger partial charge in [0.05, 0.1) is 12.1 Å². The van der Waals surface area contributed by atoms with Gasteiger partial charge in [-0.25, -0.2) is 0 Å². The summed E-state index contributed by atoms with van der Waals surface area (Å²) in [6.45, 7) is 8.67. The van der Waals surface area contributed by atoms with Gasteiger partial charge >= 0.3 is 0 Å². The van der Waals surface area contributed by atoms with Gasteiger partial charge in [0.25, 0.3) is 0 Å². The maximum atomic E-state index is 6.11. The molecule has 1 saturated heterocycles. The molecular formula is C14H28N2O. The lowest BCUT2D eigenvalue weighted by molar-refractivity contribution is -0.0297. The first kappa shape index (κ1) is 13.3. The molecule has 2 aliphatic rings. The van der Waals surface area contributed by atoms with E-state index < -0.39 is 0 Å². The molecule has 3 heteroatoms. The van der Waals surface area contributed by atoms with Gasteiger partial charge in [-0.1, -0.05) is 13.8 Å². The number of rotatable bonds is 5. The molecule has 17 heavy (non-hydrogen) atoms. The van der Waals surface area contributed by atoms with Crippen LogP contribution in [0.1, 0.15) is 39.5 Å². The summed E-state index contributed by atoms with van der Waals surface area (Å²) in [6.07, 6.45) is 5.23. The smallest absolute Gasteiger partial charge is 0.0661 e. The predicted molar refractivity (Wildman–Crippen MR) is 71.0 cm³/mol. The van der Waals surface area contributed by atoms with E-state index >= 15 is 0 Å². The second kappa shape index (κ2) is 4.87. The fraction of sp³-hybridized carbons (Fsp3) is 1.00. The normalized spacial score (nSPS) is 28.9. The highest BCUT2D eigenvalue weighted by atomic mass is 16.5. The van der Waals surface area contributed by atoms with Crippen LogP contribution in [0.15, 0.2) is 0 Å². The van der Waals surface area contributed by atoms with Gasteiger partial charge in [0, 0.05) is 13.7 Å². The molecule has 1 saturated carbocycles. The number of piperidine rings is 1. The SMILES string of the molecule is COCC(CN)(C1CC1)N1CCC(C)(C)CC1. The van der Waals surface area contributed by atoms with E-state index in [9.17, 15) is 0 Å². The summed E-state index contributed by atoms with van der Waals surface area (Å²) in [5.74, 6) is 0.772. The van der Waals surface area contributed by atoms with E-state index in [0.717, 1.165) is 19.1 Å². The lowest BCUT2D eigenvalue weighted by Crippen LogP contribution is -2.61. The van der Waals surface area contributed by atoms with Gasteiger partial charge in [-0.05, 0) is 50.1 Å². The maximum Gasteiger partial charge on any atom is 0.0661 e. The zero-order chi connectivity index (χ0) is 12.5. The van der Waals surface area contributed by atoms with Crippen LogP contribution in [0, 0.1) is 11.3 Å². The summed E-state index contributed by atoms with van der Waals surface area (Å²) in [5.41, 5.74) is 6.75. The highest BCUT2D eigenvalue weighted by molar-refractivity contribution is 5.05. The zero-order valence-corrected chi connectivity index (χ0v) is 11.7. The number of likely N-dealkylation sites (tertiary alicyclic amines) is 1. The van der Waals surface area contributed by atoms with Crippen LogP contribution in [0.5, 0.6) is 0 Å².